The van der Waals surface area contributed by atoms with Crippen LogP contribution >= 0.6 is 11.6 Å². The van der Waals surface area contributed by atoms with Gasteiger partial charge in [-0.15, -0.1) is 0 Å². The Morgan fingerprint density at radius 3 is 2.87 bits per heavy atom. The van der Waals surface area contributed by atoms with Gasteiger partial charge in [-0.1, -0.05) is 11.6 Å². The Morgan fingerprint density at radius 1 is 1.47 bits per heavy atom. The first-order chi connectivity index (χ1) is 7.29. The van der Waals surface area contributed by atoms with E-state index in [0.29, 0.717) is 12.6 Å². The molecule has 0 radical (unpaired) electrons. The summed E-state index contributed by atoms with van der Waals surface area (Å²) in [5.41, 5.74) is 1.06. The summed E-state index contributed by atoms with van der Waals surface area (Å²) in [6, 6.07) is 6.37. The molecule has 1 aromatic rings. The van der Waals surface area contributed by atoms with Crippen LogP contribution in [0.15, 0.2) is 18.2 Å². The monoisotopic (exact) mass is 225 g/mol. The van der Waals surface area contributed by atoms with Crippen LogP contribution in [0.1, 0.15) is 26.2 Å². The number of anilines is 1. The third kappa shape index (κ3) is 2.57. The van der Waals surface area contributed by atoms with E-state index in [1.54, 1.807) is 0 Å². The third-order valence-corrected chi connectivity index (χ3v) is 2.94. The van der Waals surface area contributed by atoms with E-state index in [-0.39, 0.29) is 0 Å². The normalized spacial score (nSPS) is 15.9. The zero-order valence-corrected chi connectivity index (χ0v) is 9.68. The lowest BCUT2D eigenvalue weighted by Gasteiger charge is -2.28. The lowest BCUT2D eigenvalue weighted by Crippen LogP contribution is -2.27. The van der Waals surface area contributed by atoms with Crippen LogP contribution in [0.5, 0.6) is 5.75 Å². The Balaban J connectivity index is 2.12. The average Bonchev–Trinajstić information content (AvgIpc) is 2.14. The molecule has 2 nitrogen and oxygen atoms in total. The summed E-state index contributed by atoms with van der Waals surface area (Å²) in [7, 11) is 0. The Kier molecular flexibility index (Phi) is 3.37. The van der Waals surface area contributed by atoms with Crippen molar-refractivity contribution >= 4 is 17.3 Å². The molecule has 1 N–H and O–H groups in total. The van der Waals surface area contributed by atoms with Crippen molar-refractivity contribution in [1.29, 1.82) is 0 Å². The summed E-state index contributed by atoms with van der Waals surface area (Å²) in [6.07, 6.45) is 3.84. The summed E-state index contributed by atoms with van der Waals surface area (Å²) in [5.74, 6) is 0.858. The lowest BCUT2D eigenvalue weighted by molar-refractivity contribution is 0.340. The van der Waals surface area contributed by atoms with E-state index in [9.17, 15) is 0 Å². The van der Waals surface area contributed by atoms with Crippen molar-refractivity contribution < 1.29 is 4.74 Å². The van der Waals surface area contributed by atoms with E-state index in [2.05, 4.69) is 5.32 Å². The molecule has 0 heterocycles. The average molecular weight is 226 g/mol. The predicted octanol–water partition coefficient (Wildman–Crippen LogP) is 3.70. The largest absolute Gasteiger partial charge is 0.492 e. The van der Waals surface area contributed by atoms with Crippen LogP contribution in [0.25, 0.3) is 0 Å². The first-order valence-electron chi connectivity index (χ1n) is 5.48. The minimum absolute atomic E-state index is 0.616. The van der Waals surface area contributed by atoms with E-state index in [4.69, 9.17) is 16.3 Å². The van der Waals surface area contributed by atoms with Crippen LogP contribution in [-0.4, -0.2) is 12.6 Å². The molecule has 2 rings (SSSR count). The highest BCUT2D eigenvalue weighted by atomic mass is 35.5. The number of ether oxygens (including phenoxy) is 1. The van der Waals surface area contributed by atoms with Gasteiger partial charge in [-0.2, -0.15) is 0 Å². The maximum atomic E-state index is 5.93. The first kappa shape index (κ1) is 10.6. The minimum atomic E-state index is 0.616. The quantitative estimate of drug-likeness (QED) is 0.844. The number of hydrogen-bond donors (Lipinski definition) is 1. The fourth-order valence-corrected chi connectivity index (χ4v) is 1.82. The van der Waals surface area contributed by atoms with E-state index in [1.165, 1.54) is 19.3 Å². The van der Waals surface area contributed by atoms with Crippen molar-refractivity contribution in [2.75, 3.05) is 11.9 Å². The number of rotatable bonds is 4. The van der Waals surface area contributed by atoms with Crippen molar-refractivity contribution in [3.05, 3.63) is 23.2 Å². The molecule has 15 heavy (non-hydrogen) atoms. The molecule has 0 bridgehead atoms. The highest BCUT2D eigenvalue weighted by Gasteiger charge is 2.18. The van der Waals surface area contributed by atoms with E-state index < -0.39 is 0 Å². The summed E-state index contributed by atoms with van der Waals surface area (Å²) in [5, 5.41) is 4.20. The van der Waals surface area contributed by atoms with Gasteiger partial charge in [0.05, 0.1) is 12.3 Å². The fraction of sp³-hybridized carbons (Fsp3) is 0.500. The molecule has 0 unspecified atom stereocenters. The number of benzene rings is 1. The van der Waals surface area contributed by atoms with Gasteiger partial charge in [-0.25, -0.2) is 0 Å². The second-order valence-electron chi connectivity index (χ2n) is 3.85. The molecule has 0 aromatic heterocycles. The molecule has 82 valence electrons. The molecular formula is C12H16ClNO. The van der Waals surface area contributed by atoms with Gasteiger partial charge in [0.2, 0.25) is 0 Å². The molecule has 0 atom stereocenters. The highest BCUT2D eigenvalue weighted by molar-refractivity contribution is 6.30. The molecule has 0 saturated heterocycles. The van der Waals surface area contributed by atoms with Crippen LogP contribution in [0.4, 0.5) is 5.69 Å². The van der Waals surface area contributed by atoms with Gasteiger partial charge in [0.25, 0.3) is 0 Å². The van der Waals surface area contributed by atoms with Crippen LogP contribution in [-0.2, 0) is 0 Å². The van der Waals surface area contributed by atoms with Gasteiger partial charge in [0, 0.05) is 17.1 Å². The molecular weight excluding hydrogens is 210 g/mol. The number of nitrogens with one attached hydrogen (secondary N) is 1. The van der Waals surface area contributed by atoms with Crippen molar-refractivity contribution in [1.82, 2.24) is 0 Å². The van der Waals surface area contributed by atoms with Crippen molar-refractivity contribution in [3.63, 3.8) is 0 Å². The van der Waals surface area contributed by atoms with E-state index in [1.807, 2.05) is 25.1 Å². The number of hydrogen-bond acceptors (Lipinski definition) is 2. The van der Waals surface area contributed by atoms with E-state index >= 15 is 0 Å². The zero-order chi connectivity index (χ0) is 10.7. The fourth-order valence-electron chi connectivity index (χ4n) is 1.66. The summed E-state index contributed by atoms with van der Waals surface area (Å²) in [6.45, 7) is 2.65. The standard InChI is InChI=1S/C12H16ClNO/c1-2-15-12-8-9(13)6-7-11(12)14-10-4-3-5-10/h6-8,10,14H,2-5H2,1H3. The Bertz CT molecular complexity index is 336. The first-order valence-corrected chi connectivity index (χ1v) is 5.86. The number of halogens is 1. The Hall–Kier alpha value is -0.890. The van der Waals surface area contributed by atoms with Crippen LogP contribution in [0, 0.1) is 0 Å². The Labute approximate surface area is 95.6 Å². The molecule has 1 fully saturated rings. The summed E-state index contributed by atoms with van der Waals surface area (Å²) in [4.78, 5) is 0. The Morgan fingerprint density at radius 2 is 2.27 bits per heavy atom. The SMILES string of the molecule is CCOc1cc(Cl)ccc1NC1CCC1. The van der Waals surface area contributed by atoms with Crippen LogP contribution in [0.3, 0.4) is 0 Å². The molecule has 0 amide bonds. The zero-order valence-electron chi connectivity index (χ0n) is 8.92. The van der Waals surface area contributed by atoms with Crippen molar-refractivity contribution in [2.45, 2.75) is 32.2 Å². The third-order valence-electron chi connectivity index (χ3n) is 2.71. The second-order valence-corrected chi connectivity index (χ2v) is 4.28. The molecule has 1 aliphatic carbocycles. The minimum Gasteiger partial charge on any atom is -0.492 e. The van der Waals surface area contributed by atoms with E-state index in [0.717, 1.165) is 16.5 Å². The van der Waals surface area contributed by atoms with Crippen molar-refractivity contribution in [3.8, 4) is 5.75 Å². The molecule has 0 spiro atoms. The molecule has 1 aromatic carbocycles. The highest BCUT2D eigenvalue weighted by Crippen LogP contribution is 2.31. The maximum absolute atomic E-state index is 5.93. The maximum Gasteiger partial charge on any atom is 0.143 e. The summed E-state index contributed by atoms with van der Waals surface area (Å²) < 4.78 is 5.54. The predicted molar refractivity (Wildman–Crippen MR) is 63.9 cm³/mol. The molecule has 3 heteroatoms. The van der Waals surface area contributed by atoms with Crippen molar-refractivity contribution in [2.24, 2.45) is 0 Å². The van der Waals surface area contributed by atoms with Crippen LogP contribution < -0.4 is 10.1 Å². The molecule has 1 saturated carbocycles. The van der Waals surface area contributed by atoms with Crippen LogP contribution in [0.2, 0.25) is 5.02 Å². The topological polar surface area (TPSA) is 21.3 Å². The van der Waals surface area contributed by atoms with Gasteiger partial charge in [0.15, 0.2) is 0 Å². The molecule has 0 aliphatic heterocycles. The van der Waals surface area contributed by atoms with Gasteiger partial charge in [0.1, 0.15) is 5.75 Å². The van der Waals surface area contributed by atoms with Gasteiger partial charge >= 0.3 is 0 Å². The van der Waals surface area contributed by atoms with Gasteiger partial charge in [-0.05, 0) is 38.3 Å². The summed E-state index contributed by atoms with van der Waals surface area (Å²) >= 11 is 5.93. The second kappa shape index (κ2) is 4.75. The van der Waals surface area contributed by atoms with Gasteiger partial charge in [-0.3, -0.25) is 0 Å². The van der Waals surface area contributed by atoms with Gasteiger partial charge < -0.3 is 10.1 Å². The molecule has 1 aliphatic rings. The lowest BCUT2D eigenvalue weighted by atomic mass is 9.93. The smallest absolute Gasteiger partial charge is 0.143 e.